The van der Waals surface area contributed by atoms with Gasteiger partial charge in [-0.3, -0.25) is 0 Å². The van der Waals surface area contributed by atoms with Crippen molar-refractivity contribution in [1.82, 2.24) is 9.55 Å². The summed E-state index contributed by atoms with van der Waals surface area (Å²) in [6, 6.07) is 0. The van der Waals surface area contributed by atoms with Gasteiger partial charge in [-0.1, -0.05) is 6.92 Å². The second-order valence-electron chi connectivity index (χ2n) is 3.42. The fraction of sp³-hybridized carbons (Fsp3) is 0.727. The van der Waals surface area contributed by atoms with Gasteiger partial charge in [0, 0.05) is 38.7 Å². The Bertz CT molecular complexity index is 260. The molecule has 1 heterocycles. The Balaban J connectivity index is 2.29. The molecule has 0 bridgehead atoms. The van der Waals surface area contributed by atoms with Crippen LogP contribution in [0.1, 0.15) is 26.7 Å². The molecule has 0 unspecified atom stereocenters. The molecule has 0 aromatic carbocycles. The van der Waals surface area contributed by atoms with E-state index in [9.17, 15) is 0 Å². The van der Waals surface area contributed by atoms with Gasteiger partial charge in [-0.05, 0) is 19.8 Å². The molecule has 15 heavy (non-hydrogen) atoms. The summed E-state index contributed by atoms with van der Waals surface area (Å²) >= 11 is 0. The first-order valence-corrected chi connectivity index (χ1v) is 5.71. The Hall–Kier alpha value is -1.03. The minimum atomic E-state index is 0.796. The van der Waals surface area contributed by atoms with Crippen LogP contribution in [0, 0.1) is 0 Å². The lowest BCUT2D eigenvalue weighted by Crippen LogP contribution is -2.09. The highest BCUT2D eigenvalue weighted by atomic mass is 16.5. The molecule has 1 aromatic rings. The van der Waals surface area contributed by atoms with Gasteiger partial charge in [0.15, 0.2) is 0 Å². The molecule has 0 atom stereocenters. The van der Waals surface area contributed by atoms with E-state index in [1.807, 2.05) is 19.3 Å². The smallest absolute Gasteiger partial charge is 0.202 e. The van der Waals surface area contributed by atoms with Gasteiger partial charge in [-0.25, -0.2) is 4.98 Å². The zero-order valence-electron chi connectivity index (χ0n) is 9.70. The van der Waals surface area contributed by atoms with Crippen LogP contribution >= 0.6 is 0 Å². The van der Waals surface area contributed by atoms with Crippen molar-refractivity contribution in [3.05, 3.63) is 12.4 Å². The fourth-order valence-electron chi connectivity index (χ4n) is 1.37. The minimum Gasteiger partial charge on any atom is -0.382 e. The van der Waals surface area contributed by atoms with Crippen molar-refractivity contribution in [3.63, 3.8) is 0 Å². The molecular formula is C11H21N3O. The van der Waals surface area contributed by atoms with Gasteiger partial charge < -0.3 is 14.6 Å². The van der Waals surface area contributed by atoms with E-state index in [1.165, 1.54) is 0 Å². The first-order valence-electron chi connectivity index (χ1n) is 5.71. The first kappa shape index (κ1) is 12.0. The van der Waals surface area contributed by atoms with Gasteiger partial charge in [0.2, 0.25) is 5.95 Å². The van der Waals surface area contributed by atoms with Crippen LogP contribution in [0.3, 0.4) is 0 Å². The number of imidazole rings is 1. The summed E-state index contributed by atoms with van der Waals surface area (Å²) in [6.45, 7) is 7.72. The number of ether oxygens (including phenoxy) is 1. The van der Waals surface area contributed by atoms with Crippen LogP contribution in [0.4, 0.5) is 5.95 Å². The van der Waals surface area contributed by atoms with Crippen LogP contribution in [-0.2, 0) is 11.3 Å². The number of nitrogens with zero attached hydrogens (tertiary/aromatic N) is 2. The van der Waals surface area contributed by atoms with Gasteiger partial charge in [0.05, 0.1) is 0 Å². The summed E-state index contributed by atoms with van der Waals surface area (Å²) in [7, 11) is 0. The second kappa shape index (κ2) is 7.29. The molecule has 0 amide bonds. The summed E-state index contributed by atoms with van der Waals surface area (Å²) in [5.41, 5.74) is 0. The standard InChI is InChI=1S/C11H21N3O/c1-3-6-12-11-13-7-9-14(11)8-5-10-15-4-2/h7,9H,3-6,8,10H2,1-2H3,(H,12,13). The number of aryl methyl sites for hydroxylation is 1. The summed E-state index contributed by atoms with van der Waals surface area (Å²) in [6.07, 6.45) is 5.99. The van der Waals surface area contributed by atoms with Crippen molar-refractivity contribution in [2.45, 2.75) is 33.2 Å². The van der Waals surface area contributed by atoms with Crippen molar-refractivity contribution < 1.29 is 4.74 Å². The summed E-state index contributed by atoms with van der Waals surface area (Å²) in [5, 5.41) is 3.29. The Kier molecular flexibility index (Phi) is 5.85. The third kappa shape index (κ3) is 4.34. The lowest BCUT2D eigenvalue weighted by molar-refractivity contribution is 0.142. The first-order chi connectivity index (χ1) is 7.38. The van der Waals surface area contributed by atoms with Crippen molar-refractivity contribution in [3.8, 4) is 0 Å². The quantitative estimate of drug-likeness (QED) is 0.669. The average Bonchev–Trinajstić information content (AvgIpc) is 2.69. The van der Waals surface area contributed by atoms with Crippen molar-refractivity contribution in [2.75, 3.05) is 25.1 Å². The van der Waals surface area contributed by atoms with Crippen LogP contribution in [0.15, 0.2) is 12.4 Å². The minimum absolute atomic E-state index is 0.796. The average molecular weight is 211 g/mol. The summed E-state index contributed by atoms with van der Waals surface area (Å²) in [4.78, 5) is 4.26. The lowest BCUT2D eigenvalue weighted by atomic mass is 10.4. The molecule has 0 saturated carbocycles. The van der Waals surface area contributed by atoms with Gasteiger partial charge >= 0.3 is 0 Å². The fourth-order valence-corrected chi connectivity index (χ4v) is 1.37. The maximum atomic E-state index is 5.30. The molecule has 0 aliphatic rings. The molecule has 4 heteroatoms. The zero-order valence-corrected chi connectivity index (χ0v) is 9.70. The normalized spacial score (nSPS) is 10.5. The molecule has 1 rings (SSSR count). The van der Waals surface area contributed by atoms with Crippen molar-refractivity contribution >= 4 is 5.95 Å². The maximum absolute atomic E-state index is 5.30. The molecule has 0 radical (unpaired) electrons. The number of hydrogen-bond donors (Lipinski definition) is 1. The second-order valence-corrected chi connectivity index (χ2v) is 3.42. The third-order valence-corrected chi connectivity index (χ3v) is 2.14. The maximum Gasteiger partial charge on any atom is 0.202 e. The molecule has 1 aromatic heterocycles. The molecule has 0 aliphatic carbocycles. The van der Waals surface area contributed by atoms with E-state index in [1.54, 1.807) is 0 Å². The predicted molar refractivity (Wildman–Crippen MR) is 62.1 cm³/mol. The van der Waals surface area contributed by atoms with Crippen LogP contribution in [-0.4, -0.2) is 29.3 Å². The van der Waals surface area contributed by atoms with Crippen molar-refractivity contribution in [2.24, 2.45) is 0 Å². The van der Waals surface area contributed by atoms with Crippen LogP contribution in [0.2, 0.25) is 0 Å². The monoisotopic (exact) mass is 211 g/mol. The van der Waals surface area contributed by atoms with Crippen LogP contribution in [0.5, 0.6) is 0 Å². The SMILES string of the molecule is CCCNc1nccn1CCCOCC. The van der Waals surface area contributed by atoms with E-state index in [-0.39, 0.29) is 0 Å². The summed E-state index contributed by atoms with van der Waals surface area (Å²) in [5.74, 6) is 0.966. The number of hydrogen-bond acceptors (Lipinski definition) is 3. The third-order valence-electron chi connectivity index (χ3n) is 2.14. The molecule has 0 aliphatic heterocycles. The summed E-state index contributed by atoms with van der Waals surface area (Å²) < 4.78 is 7.43. The highest BCUT2D eigenvalue weighted by molar-refractivity contribution is 5.25. The number of nitrogens with one attached hydrogen (secondary N) is 1. The van der Waals surface area contributed by atoms with Crippen LogP contribution < -0.4 is 5.32 Å². The van der Waals surface area contributed by atoms with Gasteiger partial charge in [-0.15, -0.1) is 0 Å². The van der Waals surface area contributed by atoms with E-state index < -0.39 is 0 Å². The molecule has 0 fully saturated rings. The Morgan fingerprint density at radius 1 is 1.47 bits per heavy atom. The van der Waals surface area contributed by atoms with Gasteiger partial charge in [-0.2, -0.15) is 0 Å². The van der Waals surface area contributed by atoms with Gasteiger partial charge in [0.1, 0.15) is 0 Å². The Morgan fingerprint density at radius 3 is 3.07 bits per heavy atom. The number of rotatable bonds is 8. The highest BCUT2D eigenvalue weighted by Gasteiger charge is 2.00. The molecule has 0 spiro atoms. The van der Waals surface area contributed by atoms with E-state index in [2.05, 4.69) is 21.8 Å². The predicted octanol–water partition coefficient (Wildman–Crippen LogP) is 2.13. The Labute approximate surface area is 91.7 Å². The topological polar surface area (TPSA) is 39.1 Å². The largest absolute Gasteiger partial charge is 0.382 e. The Morgan fingerprint density at radius 2 is 2.33 bits per heavy atom. The van der Waals surface area contributed by atoms with Gasteiger partial charge in [0.25, 0.3) is 0 Å². The van der Waals surface area contributed by atoms with E-state index in [0.29, 0.717) is 0 Å². The molecular weight excluding hydrogens is 190 g/mol. The number of anilines is 1. The molecule has 4 nitrogen and oxygen atoms in total. The van der Waals surface area contributed by atoms with E-state index in [0.717, 1.165) is 45.1 Å². The van der Waals surface area contributed by atoms with Crippen molar-refractivity contribution in [1.29, 1.82) is 0 Å². The van der Waals surface area contributed by atoms with E-state index in [4.69, 9.17) is 4.74 Å². The number of aromatic nitrogens is 2. The zero-order chi connectivity index (χ0) is 10.9. The lowest BCUT2D eigenvalue weighted by Gasteiger charge is -2.08. The van der Waals surface area contributed by atoms with E-state index >= 15 is 0 Å². The molecule has 86 valence electrons. The highest BCUT2D eigenvalue weighted by Crippen LogP contribution is 2.05. The van der Waals surface area contributed by atoms with Crippen LogP contribution in [0.25, 0.3) is 0 Å². The molecule has 1 N–H and O–H groups in total. The molecule has 0 saturated heterocycles.